The number of aliphatic imine (C=N–C) groups is 1. The maximum atomic E-state index is 14.1. The van der Waals surface area contributed by atoms with Gasteiger partial charge in [-0.15, -0.1) is 0 Å². The van der Waals surface area contributed by atoms with Crippen LogP contribution in [0.1, 0.15) is 92.9 Å². The third kappa shape index (κ3) is 16.4. The average molecular weight is 1010 g/mol. The number of nitrogens with one attached hydrogen (secondary N) is 7. The molecule has 0 aliphatic carbocycles. The number of nitrogens with zero attached hydrogens (tertiary/aromatic N) is 4. The zero-order valence-electron chi connectivity index (χ0n) is 41.0. The minimum atomic E-state index is -1.68. The van der Waals surface area contributed by atoms with Crippen LogP contribution < -0.4 is 54.4 Å². The normalized spacial score (nSPS) is 21.4. The van der Waals surface area contributed by atoms with Crippen LogP contribution in [0.25, 0.3) is 0 Å². The van der Waals surface area contributed by atoms with Crippen LogP contribution in [0.3, 0.4) is 0 Å². The van der Waals surface area contributed by atoms with Crippen molar-refractivity contribution in [2.45, 2.75) is 165 Å². The lowest BCUT2D eigenvalue weighted by atomic mass is 10.1. The Kier molecular flexibility index (Phi) is 22.4. The molecule has 16 N–H and O–H groups in total. The summed E-state index contributed by atoms with van der Waals surface area (Å²) in [6, 6.07) is -13.5. The molecular weight excluding hydrogens is 937 g/mol. The second-order valence-corrected chi connectivity index (χ2v) is 18.1. The summed E-state index contributed by atoms with van der Waals surface area (Å²) in [6.07, 6.45) is 0.398. The van der Waals surface area contributed by atoms with Crippen molar-refractivity contribution in [2.75, 3.05) is 32.8 Å². The lowest BCUT2D eigenvalue weighted by molar-refractivity contribution is -0.149. The first kappa shape index (κ1) is 58.6. The maximum Gasteiger partial charge on any atom is 0.326 e. The van der Waals surface area contributed by atoms with E-state index in [1.807, 2.05) is 0 Å². The number of carboxylic acids is 1. The molecule has 0 aromatic carbocycles. The van der Waals surface area contributed by atoms with Crippen molar-refractivity contribution in [3.8, 4) is 0 Å². The van der Waals surface area contributed by atoms with E-state index in [0.717, 1.165) is 4.90 Å². The van der Waals surface area contributed by atoms with Crippen LogP contribution in [0.4, 0.5) is 0 Å². The van der Waals surface area contributed by atoms with E-state index in [1.165, 1.54) is 51.3 Å². The van der Waals surface area contributed by atoms with Crippen LogP contribution in [0.5, 0.6) is 0 Å². The van der Waals surface area contributed by atoms with E-state index in [2.05, 4.69) is 42.2 Å². The Bertz CT molecular complexity index is 2020. The van der Waals surface area contributed by atoms with Gasteiger partial charge in [0.15, 0.2) is 5.96 Å². The highest BCUT2D eigenvalue weighted by atomic mass is 16.4. The lowest BCUT2D eigenvalue weighted by Crippen LogP contribution is -2.61. The number of carbonyl (C=O) groups is 11. The zero-order valence-corrected chi connectivity index (χ0v) is 41.0. The number of guanidine groups is 1. The average Bonchev–Trinajstić information content (AvgIpc) is 4.12. The first-order valence-electron chi connectivity index (χ1n) is 23.7. The molecule has 3 aliphatic rings. The second kappa shape index (κ2) is 27.1. The monoisotopic (exact) mass is 1010 g/mol. The van der Waals surface area contributed by atoms with E-state index in [-0.39, 0.29) is 64.2 Å². The van der Waals surface area contributed by atoms with Gasteiger partial charge in [0, 0.05) is 26.2 Å². The van der Waals surface area contributed by atoms with Gasteiger partial charge >= 0.3 is 5.97 Å². The largest absolute Gasteiger partial charge is 0.480 e. The number of amides is 10. The van der Waals surface area contributed by atoms with Gasteiger partial charge in [0.25, 0.3) is 0 Å². The van der Waals surface area contributed by atoms with Gasteiger partial charge in [-0.25, -0.2) is 4.79 Å². The van der Waals surface area contributed by atoms with Crippen molar-refractivity contribution in [3.63, 3.8) is 0 Å². The summed E-state index contributed by atoms with van der Waals surface area (Å²) in [4.78, 5) is 152. The SMILES string of the molecule is C[C@H](N)C(=O)N[C@@H](C)C(=O)N[C@@H](C)C(=O)N[C@@H](CCCN=C(N)N)C(=O)N[C@H](C(=O)N[C@@H](C)C(=O)N1CCC[C@H]1C(=O)N1CCC[C@H]1C(=O)N[C@@H](CO)C(=O)N[C@@H](C)C(=O)N1CCC[C@H]1C(=O)O)[C@@H](C)O. The molecule has 0 saturated carbocycles. The van der Waals surface area contributed by atoms with E-state index in [1.54, 1.807) is 0 Å². The number of hydrogen-bond acceptors (Lipinski definition) is 15. The van der Waals surface area contributed by atoms with Crippen molar-refractivity contribution >= 4 is 71.0 Å². The Hall–Kier alpha value is -6.68. The Morgan fingerprint density at radius 2 is 1.04 bits per heavy atom. The fourth-order valence-electron chi connectivity index (χ4n) is 8.31. The molecule has 0 aromatic rings. The molecule has 398 valence electrons. The molecule has 0 bridgehead atoms. The molecular formula is C43H72N14O14. The van der Waals surface area contributed by atoms with Crippen molar-refractivity contribution in [2.24, 2.45) is 22.2 Å². The lowest BCUT2D eigenvalue weighted by Gasteiger charge is -2.33. The number of carbonyl (C=O) groups excluding carboxylic acids is 10. The van der Waals surface area contributed by atoms with Crippen LogP contribution in [0.2, 0.25) is 0 Å². The van der Waals surface area contributed by atoms with Gasteiger partial charge in [-0.1, -0.05) is 0 Å². The molecule has 0 unspecified atom stereocenters. The predicted molar refractivity (Wildman–Crippen MR) is 250 cm³/mol. The van der Waals surface area contributed by atoms with Crippen LogP contribution in [0, 0.1) is 0 Å². The fourth-order valence-corrected chi connectivity index (χ4v) is 8.31. The van der Waals surface area contributed by atoms with Gasteiger partial charge in [-0.2, -0.15) is 0 Å². The Morgan fingerprint density at radius 3 is 1.56 bits per heavy atom. The van der Waals surface area contributed by atoms with Gasteiger partial charge in [0.05, 0.1) is 18.8 Å². The number of nitrogens with two attached hydrogens (primary N) is 3. The molecule has 3 rings (SSSR count). The van der Waals surface area contributed by atoms with Crippen molar-refractivity contribution < 1.29 is 68.1 Å². The van der Waals surface area contributed by atoms with Crippen LogP contribution in [-0.2, 0) is 52.7 Å². The van der Waals surface area contributed by atoms with E-state index >= 15 is 0 Å². The minimum absolute atomic E-state index is 0.0439. The number of carboxylic acid groups (broad SMARTS) is 1. The Morgan fingerprint density at radius 1 is 0.577 bits per heavy atom. The third-order valence-corrected chi connectivity index (χ3v) is 12.3. The summed E-state index contributed by atoms with van der Waals surface area (Å²) in [5.74, 6) is -9.10. The van der Waals surface area contributed by atoms with E-state index in [0.29, 0.717) is 19.3 Å². The second-order valence-electron chi connectivity index (χ2n) is 18.1. The molecule has 0 aromatic heterocycles. The molecule has 12 atom stereocenters. The number of likely N-dealkylation sites (tertiary alicyclic amines) is 3. The van der Waals surface area contributed by atoms with Crippen LogP contribution in [0.15, 0.2) is 4.99 Å². The van der Waals surface area contributed by atoms with E-state index < -0.39 is 144 Å². The van der Waals surface area contributed by atoms with Crippen LogP contribution >= 0.6 is 0 Å². The highest BCUT2D eigenvalue weighted by molar-refractivity contribution is 5.99. The quantitative estimate of drug-likeness (QED) is 0.0243. The van der Waals surface area contributed by atoms with Gasteiger partial charge < -0.3 is 84.4 Å². The van der Waals surface area contributed by atoms with Crippen molar-refractivity contribution in [1.82, 2.24) is 51.9 Å². The smallest absolute Gasteiger partial charge is 0.326 e. The van der Waals surface area contributed by atoms with E-state index in [4.69, 9.17) is 17.2 Å². The van der Waals surface area contributed by atoms with Gasteiger partial charge in [-0.05, 0) is 92.9 Å². The Labute approximate surface area is 410 Å². The van der Waals surface area contributed by atoms with E-state index in [9.17, 15) is 68.1 Å². The molecule has 0 radical (unpaired) electrons. The fraction of sp³-hybridized carbons (Fsp3) is 0.721. The third-order valence-electron chi connectivity index (χ3n) is 12.3. The Balaban J connectivity index is 1.65. The molecule has 28 nitrogen and oxygen atoms in total. The first-order chi connectivity index (χ1) is 33.3. The molecule has 28 heteroatoms. The summed E-state index contributed by atoms with van der Waals surface area (Å²) in [5.41, 5.74) is 16.4. The molecule has 0 spiro atoms. The molecule has 3 aliphatic heterocycles. The standard InChI is InChI=1S/C43H72N14O14/c1-20(44)32(60)48-21(2)33(61)49-22(3)34(62)52-26(11-7-15-47-43(45)46)35(63)54-31(25(6)59)38(66)51-24(5)39(67)56-17-9-13-29(56)41(69)55-16-8-12-28(55)37(65)53-27(19-58)36(64)50-23(4)40(68)57-18-10-14-30(57)42(70)71/h20-31,58-59H,7-19,44H2,1-6H3,(H,48,60)(H,49,61)(H,50,64)(H,51,66)(H,52,62)(H,53,65)(H,54,63)(H,70,71)(H4,45,46,47)/t20-,21-,22-,23-,24-,25+,26-,27-,28-,29-,30-,31-/m0/s1. The topological polar surface area (TPSA) is 433 Å². The van der Waals surface area contributed by atoms with Gasteiger partial charge in [0.1, 0.15) is 60.4 Å². The van der Waals surface area contributed by atoms with Gasteiger partial charge in [-0.3, -0.25) is 52.9 Å². The maximum absolute atomic E-state index is 14.1. The summed E-state index contributed by atoms with van der Waals surface area (Å²) in [7, 11) is 0. The molecule has 3 saturated heterocycles. The highest BCUT2D eigenvalue weighted by Gasteiger charge is 2.44. The number of aliphatic carboxylic acids is 1. The number of aliphatic hydroxyl groups excluding tert-OH is 2. The predicted octanol–water partition coefficient (Wildman–Crippen LogP) is -6.71. The summed E-state index contributed by atoms with van der Waals surface area (Å²) >= 11 is 0. The molecule has 3 heterocycles. The first-order valence-corrected chi connectivity index (χ1v) is 23.7. The highest BCUT2D eigenvalue weighted by Crippen LogP contribution is 2.26. The summed E-state index contributed by atoms with van der Waals surface area (Å²) in [6.45, 7) is 7.60. The van der Waals surface area contributed by atoms with Gasteiger partial charge in [0.2, 0.25) is 59.1 Å². The van der Waals surface area contributed by atoms with Crippen molar-refractivity contribution in [3.05, 3.63) is 0 Å². The van der Waals surface area contributed by atoms with Crippen LogP contribution in [-0.4, -0.2) is 206 Å². The molecule has 10 amide bonds. The zero-order chi connectivity index (χ0) is 53.4. The number of aliphatic hydroxyl groups is 2. The molecule has 71 heavy (non-hydrogen) atoms. The number of rotatable bonds is 24. The summed E-state index contributed by atoms with van der Waals surface area (Å²) < 4.78 is 0. The molecule has 3 fully saturated rings. The number of hydrogen-bond donors (Lipinski definition) is 13. The van der Waals surface area contributed by atoms with Crippen molar-refractivity contribution in [1.29, 1.82) is 0 Å². The summed E-state index contributed by atoms with van der Waals surface area (Å²) in [5, 5.41) is 47.2. The minimum Gasteiger partial charge on any atom is -0.480 e.